The second-order valence-electron chi connectivity index (χ2n) is 7.17. The quantitative estimate of drug-likeness (QED) is 0.362. The van der Waals surface area contributed by atoms with Crippen molar-refractivity contribution in [2.45, 2.75) is 13.0 Å². The van der Waals surface area contributed by atoms with E-state index in [1.807, 2.05) is 76.7 Å². The zero-order chi connectivity index (χ0) is 19.6. The van der Waals surface area contributed by atoms with Crippen LogP contribution in [0.2, 0.25) is 0 Å². The number of ketones is 1. The number of hydrogen-bond acceptors (Lipinski definition) is 4. The molecule has 4 nitrogen and oxygen atoms in total. The summed E-state index contributed by atoms with van der Waals surface area (Å²) >= 11 is 0. The molecule has 27 heavy (non-hydrogen) atoms. The first-order valence-corrected chi connectivity index (χ1v) is 9.28. The molecule has 0 saturated carbocycles. The lowest BCUT2D eigenvalue weighted by molar-refractivity contribution is 0.104. The predicted octanol–water partition coefficient (Wildman–Crippen LogP) is 3.97. The number of rotatable bonds is 10. The van der Waals surface area contributed by atoms with E-state index in [1.54, 1.807) is 6.08 Å². The van der Waals surface area contributed by atoms with E-state index < -0.39 is 0 Å². The summed E-state index contributed by atoms with van der Waals surface area (Å²) in [6.07, 6.45) is 4.49. The molecule has 0 bridgehead atoms. The lowest BCUT2D eigenvalue weighted by Crippen LogP contribution is -2.15. The van der Waals surface area contributed by atoms with Crippen molar-refractivity contribution in [3.63, 3.8) is 0 Å². The second-order valence-corrected chi connectivity index (χ2v) is 7.17. The molecule has 2 aromatic carbocycles. The molecule has 0 aliphatic carbocycles. The molecule has 0 N–H and O–H groups in total. The van der Waals surface area contributed by atoms with E-state index in [-0.39, 0.29) is 5.78 Å². The lowest BCUT2D eigenvalue weighted by Gasteiger charge is -2.12. The van der Waals surface area contributed by atoms with Gasteiger partial charge in [-0.25, -0.2) is 0 Å². The Morgan fingerprint density at radius 3 is 2.52 bits per heavy atom. The van der Waals surface area contributed by atoms with Gasteiger partial charge in [0.25, 0.3) is 0 Å². The van der Waals surface area contributed by atoms with Gasteiger partial charge >= 0.3 is 0 Å². The summed E-state index contributed by atoms with van der Waals surface area (Å²) in [6, 6.07) is 15.5. The number of hydrogen-bond donors (Lipinski definition) is 0. The molecular formula is C23H30N2O2. The lowest BCUT2D eigenvalue weighted by atomic mass is 10.0. The molecule has 0 amide bonds. The van der Waals surface area contributed by atoms with Crippen LogP contribution in [0.3, 0.4) is 0 Å². The third-order valence-corrected chi connectivity index (χ3v) is 4.09. The van der Waals surface area contributed by atoms with Crippen LogP contribution in [-0.2, 0) is 6.54 Å². The summed E-state index contributed by atoms with van der Waals surface area (Å²) in [5.74, 6) is 0.717. The topological polar surface area (TPSA) is 32.8 Å². The van der Waals surface area contributed by atoms with Gasteiger partial charge in [-0.15, -0.1) is 0 Å². The molecule has 0 spiro atoms. The normalized spacial score (nSPS) is 11.5. The van der Waals surface area contributed by atoms with Gasteiger partial charge in [0.1, 0.15) is 5.75 Å². The van der Waals surface area contributed by atoms with Gasteiger partial charge in [-0.2, -0.15) is 0 Å². The molecule has 0 aromatic heterocycles. The van der Waals surface area contributed by atoms with Crippen LogP contribution in [0.1, 0.15) is 27.9 Å². The average Bonchev–Trinajstić information content (AvgIpc) is 2.64. The van der Waals surface area contributed by atoms with Crippen molar-refractivity contribution in [3.05, 3.63) is 71.3 Å². The smallest absolute Gasteiger partial charge is 0.185 e. The largest absolute Gasteiger partial charge is 0.494 e. The summed E-state index contributed by atoms with van der Waals surface area (Å²) in [5, 5.41) is 0. The number of allylic oxidation sites excluding steroid dienone is 1. The Labute approximate surface area is 163 Å². The van der Waals surface area contributed by atoms with Crippen molar-refractivity contribution in [3.8, 4) is 5.75 Å². The standard InChI is InChI=1S/C23H30N2O2/c1-24(2)15-8-16-27-22-12-7-11-20(17-22)23(26)14-13-19-9-5-6-10-21(19)18-25(3)4/h5-7,9-14,17H,8,15-16,18H2,1-4H3. The minimum absolute atomic E-state index is 0.0200. The van der Waals surface area contributed by atoms with Crippen LogP contribution in [0, 0.1) is 0 Å². The maximum Gasteiger partial charge on any atom is 0.185 e. The third-order valence-electron chi connectivity index (χ3n) is 4.09. The van der Waals surface area contributed by atoms with Crippen LogP contribution < -0.4 is 4.74 Å². The number of carbonyl (C=O) groups excluding carboxylic acids is 1. The molecule has 144 valence electrons. The molecular weight excluding hydrogens is 336 g/mol. The van der Waals surface area contributed by atoms with Crippen molar-refractivity contribution in [2.24, 2.45) is 0 Å². The first-order chi connectivity index (χ1) is 13.0. The Morgan fingerprint density at radius 1 is 1.00 bits per heavy atom. The van der Waals surface area contributed by atoms with Crippen molar-refractivity contribution < 1.29 is 9.53 Å². The fourth-order valence-electron chi connectivity index (χ4n) is 2.75. The molecule has 0 aliphatic heterocycles. The maximum atomic E-state index is 12.6. The highest BCUT2D eigenvalue weighted by Gasteiger charge is 2.05. The molecule has 0 radical (unpaired) electrons. The van der Waals surface area contributed by atoms with Crippen molar-refractivity contribution >= 4 is 11.9 Å². The zero-order valence-electron chi connectivity index (χ0n) is 16.8. The maximum absolute atomic E-state index is 12.6. The molecule has 0 atom stereocenters. The van der Waals surface area contributed by atoms with Gasteiger partial charge in [0.15, 0.2) is 5.78 Å². The first-order valence-electron chi connectivity index (χ1n) is 9.28. The fraction of sp³-hybridized carbons (Fsp3) is 0.348. The number of carbonyl (C=O) groups is 1. The van der Waals surface area contributed by atoms with Crippen molar-refractivity contribution in [2.75, 3.05) is 41.3 Å². The molecule has 0 saturated heterocycles. The summed E-state index contributed by atoms with van der Waals surface area (Å²) in [5.41, 5.74) is 2.90. The van der Waals surface area contributed by atoms with Gasteiger partial charge in [0, 0.05) is 18.7 Å². The third kappa shape index (κ3) is 7.37. The molecule has 4 heteroatoms. The van der Waals surface area contributed by atoms with E-state index in [2.05, 4.69) is 15.9 Å². The van der Waals surface area contributed by atoms with E-state index in [0.29, 0.717) is 12.2 Å². The van der Waals surface area contributed by atoms with Gasteiger partial charge < -0.3 is 14.5 Å². The van der Waals surface area contributed by atoms with Crippen molar-refractivity contribution in [1.82, 2.24) is 9.80 Å². The van der Waals surface area contributed by atoms with Crippen LogP contribution in [-0.4, -0.2) is 56.9 Å². The highest BCUT2D eigenvalue weighted by atomic mass is 16.5. The Hall–Kier alpha value is -2.43. The zero-order valence-corrected chi connectivity index (χ0v) is 16.8. The number of benzene rings is 2. The molecule has 2 aromatic rings. The molecule has 0 heterocycles. The van der Waals surface area contributed by atoms with Crippen LogP contribution in [0.15, 0.2) is 54.6 Å². The Bertz CT molecular complexity index is 766. The van der Waals surface area contributed by atoms with Gasteiger partial charge in [-0.3, -0.25) is 4.79 Å². The molecule has 2 rings (SSSR count). The molecule has 0 aliphatic rings. The summed E-state index contributed by atoms with van der Waals surface area (Å²) in [7, 11) is 8.16. The first kappa shape index (κ1) is 20.9. The summed E-state index contributed by atoms with van der Waals surface area (Å²) in [4.78, 5) is 16.8. The monoisotopic (exact) mass is 366 g/mol. The van der Waals surface area contributed by atoms with Crippen LogP contribution in [0.25, 0.3) is 6.08 Å². The van der Waals surface area contributed by atoms with E-state index in [1.165, 1.54) is 5.56 Å². The Kier molecular flexibility index (Phi) is 8.24. The Balaban J connectivity index is 2.02. The van der Waals surface area contributed by atoms with Gasteiger partial charge in [0.2, 0.25) is 0 Å². The van der Waals surface area contributed by atoms with E-state index >= 15 is 0 Å². The van der Waals surface area contributed by atoms with E-state index in [0.717, 1.165) is 30.8 Å². The SMILES string of the molecule is CN(C)CCCOc1cccc(C(=O)C=Cc2ccccc2CN(C)C)c1. The minimum atomic E-state index is -0.0200. The van der Waals surface area contributed by atoms with Crippen LogP contribution in [0.4, 0.5) is 0 Å². The fourth-order valence-corrected chi connectivity index (χ4v) is 2.75. The second kappa shape index (κ2) is 10.7. The number of nitrogens with zero attached hydrogens (tertiary/aromatic N) is 2. The van der Waals surface area contributed by atoms with Gasteiger partial charge in [-0.05, 0) is 63.9 Å². The highest BCUT2D eigenvalue weighted by molar-refractivity contribution is 6.07. The predicted molar refractivity (Wildman–Crippen MR) is 112 cm³/mol. The summed E-state index contributed by atoms with van der Waals surface area (Å²) < 4.78 is 5.76. The van der Waals surface area contributed by atoms with Crippen LogP contribution >= 0.6 is 0 Å². The van der Waals surface area contributed by atoms with Gasteiger partial charge in [-0.1, -0.05) is 42.5 Å². The van der Waals surface area contributed by atoms with Crippen LogP contribution in [0.5, 0.6) is 5.75 Å². The minimum Gasteiger partial charge on any atom is -0.494 e. The van der Waals surface area contributed by atoms with E-state index in [4.69, 9.17) is 4.74 Å². The molecule has 0 unspecified atom stereocenters. The summed E-state index contributed by atoms with van der Waals surface area (Å²) in [6.45, 7) is 2.46. The van der Waals surface area contributed by atoms with Crippen molar-refractivity contribution in [1.29, 1.82) is 0 Å². The number of ether oxygens (including phenoxy) is 1. The molecule has 0 fully saturated rings. The Morgan fingerprint density at radius 2 is 1.78 bits per heavy atom. The van der Waals surface area contributed by atoms with Gasteiger partial charge in [0.05, 0.1) is 6.61 Å². The van der Waals surface area contributed by atoms with E-state index in [9.17, 15) is 4.79 Å². The highest BCUT2D eigenvalue weighted by Crippen LogP contribution is 2.16. The average molecular weight is 367 g/mol.